The second kappa shape index (κ2) is 4.37. The number of rotatable bonds is 3. The topological polar surface area (TPSA) is 72.2 Å². The van der Waals surface area contributed by atoms with Crippen molar-refractivity contribution >= 4 is 21.1 Å². The third-order valence-electron chi connectivity index (χ3n) is 2.11. The van der Waals surface area contributed by atoms with Crippen molar-refractivity contribution in [1.82, 2.24) is 9.71 Å². The molecule has 0 bridgehead atoms. The van der Waals surface area contributed by atoms with Crippen LogP contribution >= 0.6 is 0 Å². The van der Waals surface area contributed by atoms with E-state index in [1.54, 1.807) is 32.9 Å². The SMILES string of the molecule is CC(C)(C)NS(=O)(=O)Cc1nc2ccccc2o1. The first-order chi connectivity index (χ1) is 8.25. The predicted octanol–water partition coefficient (Wildman–Crippen LogP) is 2.05. The third kappa shape index (κ3) is 3.30. The molecule has 0 unspecified atom stereocenters. The van der Waals surface area contributed by atoms with Gasteiger partial charge in [-0.25, -0.2) is 18.1 Å². The van der Waals surface area contributed by atoms with E-state index in [9.17, 15) is 8.42 Å². The van der Waals surface area contributed by atoms with Gasteiger partial charge in [-0.15, -0.1) is 0 Å². The Labute approximate surface area is 106 Å². The molecule has 98 valence electrons. The molecule has 0 spiro atoms. The maximum Gasteiger partial charge on any atom is 0.221 e. The summed E-state index contributed by atoms with van der Waals surface area (Å²) in [6, 6.07) is 7.19. The van der Waals surface area contributed by atoms with Gasteiger partial charge < -0.3 is 4.42 Å². The summed E-state index contributed by atoms with van der Waals surface area (Å²) in [5, 5.41) is 0. The monoisotopic (exact) mass is 268 g/mol. The summed E-state index contributed by atoms with van der Waals surface area (Å²) in [5.74, 6) is -0.0492. The van der Waals surface area contributed by atoms with Gasteiger partial charge in [-0.1, -0.05) is 12.1 Å². The van der Waals surface area contributed by atoms with Crippen molar-refractivity contribution in [2.45, 2.75) is 32.1 Å². The summed E-state index contributed by atoms with van der Waals surface area (Å²) in [5.41, 5.74) is 0.752. The molecule has 6 heteroatoms. The Hall–Kier alpha value is -1.40. The Morgan fingerprint density at radius 2 is 1.94 bits per heavy atom. The smallest absolute Gasteiger partial charge is 0.221 e. The van der Waals surface area contributed by atoms with Gasteiger partial charge >= 0.3 is 0 Å². The van der Waals surface area contributed by atoms with E-state index in [1.165, 1.54) is 0 Å². The molecule has 0 aliphatic carbocycles. The number of benzene rings is 1. The molecule has 0 amide bonds. The van der Waals surface area contributed by atoms with Gasteiger partial charge in [0, 0.05) is 5.54 Å². The fraction of sp³-hybridized carbons (Fsp3) is 0.417. The average molecular weight is 268 g/mol. The third-order valence-corrected chi connectivity index (χ3v) is 3.66. The first-order valence-corrected chi connectivity index (χ1v) is 7.26. The maximum absolute atomic E-state index is 11.9. The van der Waals surface area contributed by atoms with Crippen LogP contribution in [0.1, 0.15) is 26.7 Å². The van der Waals surface area contributed by atoms with E-state index in [-0.39, 0.29) is 11.6 Å². The standard InChI is InChI=1S/C12H16N2O3S/c1-12(2,3)14-18(15,16)8-11-13-9-6-4-5-7-10(9)17-11/h4-7,14H,8H2,1-3H3. The number of hydrogen-bond donors (Lipinski definition) is 1. The van der Waals surface area contributed by atoms with Crippen LogP contribution in [0, 0.1) is 0 Å². The second-order valence-corrected chi connectivity index (χ2v) is 6.91. The number of sulfonamides is 1. The Morgan fingerprint density at radius 3 is 2.56 bits per heavy atom. The van der Waals surface area contributed by atoms with E-state index in [4.69, 9.17) is 4.42 Å². The van der Waals surface area contributed by atoms with Crippen molar-refractivity contribution in [2.75, 3.05) is 0 Å². The second-order valence-electron chi connectivity index (χ2n) is 5.19. The van der Waals surface area contributed by atoms with Crippen LogP contribution in [0.25, 0.3) is 11.1 Å². The van der Waals surface area contributed by atoms with Crippen molar-refractivity contribution in [3.63, 3.8) is 0 Å². The van der Waals surface area contributed by atoms with Gasteiger partial charge in [0.1, 0.15) is 11.3 Å². The van der Waals surface area contributed by atoms with Crippen molar-refractivity contribution in [1.29, 1.82) is 0 Å². The first-order valence-electron chi connectivity index (χ1n) is 5.61. The molecule has 0 atom stereocenters. The average Bonchev–Trinajstić information content (AvgIpc) is 2.53. The molecule has 1 N–H and O–H groups in total. The largest absolute Gasteiger partial charge is 0.440 e. The zero-order valence-electron chi connectivity index (χ0n) is 10.6. The zero-order chi connectivity index (χ0) is 13.4. The molecular weight excluding hydrogens is 252 g/mol. The summed E-state index contributed by atoms with van der Waals surface area (Å²) in [4.78, 5) is 4.14. The Kier molecular flexibility index (Phi) is 3.16. The summed E-state index contributed by atoms with van der Waals surface area (Å²) >= 11 is 0. The van der Waals surface area contributed by atoms with E-state index in [1.807, 2.05) is 12.1 Å². The predicted molar refractivity (Wildman–Crippen MR) is 69.5 cm³/mol. The van der Waals surface area contributed by atoms with Crippen molar-refractivity contribution < 1.29 is 12.8 Å². The number of hydrogen-bond acceptors (Lipinski definition) is 4. The highest BCUT2D eigenvalue weighted by Gasteiger charge is 2.22. The van der Waals surface area contributed by atoms with E-state index in [2.05, 4.69) is 9.71 Å². The molecule has 0 saturated carbocycles. The molecule has 18 heavy (non-hydrogen) atoms. The minimum atomic E-state index is -3.45. The lowest BCUT2D eigenvalue weighted by Gasteiger charge is -2.19. The molecule has 2 rings (SSSR count). The maximum atomic E-state index is 11.9. The van der Waals surface area contributed by atoms with Crippen LogP contribution in [0.4, 0.5) is 0 Å². The summed E-state index contributed by atoms with van der Waals surface area (Å²) < 4.78 is 31.7. The number of para-hydroxylation sites is 2. The quantitative estimate of drug-likeness (QED) is 0.924. The van der Waals surface area contributed by atoms with E-state index in [0.717, 1.165) is 0 Å². The molecule has 0 radical (unpaired) electrons. The van der Waals surface area contributed by atoms with Crippen LogP contribution in [-0.4, -0.2) is 18.9 Å². The highest BCUT2D eigenvalue weighted by molar-refractivity contribution is 7.88. The Morgan fingerprint density at radius 1 is 1.28 bits per heavy atom. The number of fused-ring (bicyclic) bond motifs is 1. The van der Waals surface area contributed by atoms with Gasteiger partial charge in [-0.3, -0.25) is 0 Å². The number of nitrogens with zero attached hydrogens (tertiary/aromatic N) is 1. The van der Waals surface area contributed by atoms with Crippen molar-refractivity contribution in [3.05, 3.63) is 30.2 Å². The minimum Gasteiger partial charge on any atom is -0.440 e. The summed E-state index contributed by atoms with van der Waals surface area (Å²) in [7, 11) is -3.45. The van der Waals surface area contributed by atoms with Crippen LogP contribution in [0.2, 0.25) is 0 Å². The molecule has 1 aromatic carbocycles. The highest BCUT2D eigenvalue weighted by Crippen LogP contribution is 2.16. The summed E-state index contributed by atoms with van der Waals surface area (Å²) in [6.07, 6.45) is 0. The van der Waals surface area contributed by atoms with E-state index < -0.39 is 15.6 Å². The number of nitrogens with one attached hydrogen (secondary N) is 1. The van der Waals surface area contributed by atoms with Gasteiger partial charge in [0.2, 0.25) is 15.9 Å². The minimum absolute atomic E-state index is 0.202. The lowest BCUT2D eigenvalue weighted by molar-refractivity contribution is 0.483. The van der Waals surface area contributed by atoms with Gasteiger partial charge in [0.05, 0.1) is 0 Å². The Balaban J connectivity index is 2.23. The van der Waals surface area contributed by atoms with Crippen molar-refractivity contribution in [3.8, 4) is 0 Å². The normalized spacial score (nSPS) is 13.1. The van der Waals surface area contributed by atoms with E-state index in [0.29, 0.717) is 11.1 Å². The lowest BCUT2D eigenvalue weighted by Crippen LogP contribution is -2.41. The van der Waals surface area contributed by atoms with Crippen LogP contribution in [0.5, 0.6) is 0 Å². The number of aromatic nitrogens is 1. The first kappa shape index (κ1) is 13.0. The summed E-state index contributed by atoms with van der Waals surface area (Å²) in [6.45, 7) is 5.36. The Bertz CT molecular complexity index is 620. The molecule has 1 heterocycles. The molecule has 0 fully saturated rings. The van der Waals surface area contributed by atoms with Gasteiger partial charge in [0.25, 0.3) is 0 Å². The van der Waals surface area contributed by atoms with Crippen LogP contribution in [0.15, 0.2) is 28.7 Å². The molecular formula is C12H16N2O3S. The highest BCUT2D eigenvalue weighted by atomic mass is 32.2. The van der Waals surface area contributed by atoms with Gasteiger partial charge in [-0.05, 0) is 32.9 Å². The molecule has 1 aromatic heterocycles. The molecule has 2 aromatic rings. The molecule has 0 aliphatic rings. The van der Waals surface area contributed by atoms with E-state index >= 15 is 0 Å². The van der Waals surface area contributed by atoms with Crippen LogP contribution in [0.3, 0.4) is 0 Å². The number of oxazole rings is 1. The van der Waals surface area contributed by atoms with Crippen molar-refractivity contribution in [2.24, 2.45) is 0 Å². The van der Waals surface area contributed by atoms with Crippen LogP contribution < -0.4 is 4.72 Å². The lowest BCUT2D eigenvalue weighted by atomic mass is 10.1. The molecule has 5 nitrogen and oxygen atoms in total. The molecule has 0 aliphatic heterocycles. The fourth-order valence-corrected chi connectivity index (χ4v) is 3.10. The van der Waals surface area contributed by atoms with Gasteiger partial charge in [-0.2, -0.15) is 0 Å². The zero-order valence-corrected chi connectivity index (χ0v) is 11.4. The van der Waals surface area contributed by atoms with Crippen LogP contribution in [-0.2, 0) is 15.8 Å². The molecule has 0 saturated heterocycles. The van der Waals surface area contributed by atoms with Gasteiger partial charge in [0.15, 0.2) is 5.58 Å². The fourth-order valence-electron chi connectivity index (χ4n) is 1.65.